The van der Waals surface area contributed by atoms with Crippen LogP contribution in [0.1, 0.15) is 23.3 Å². The van der Waals surface area contributed by atoms with Crippen molar-refractivity contribution in [3.05, 3.63) is 47.5 Å². The highest BCUT2D eigenvalue weighted by molar-refractivity contribution is 5.45. The fraction of sp³-hybridized carbons (Fsp3) is 0.538. The molecule has 0 bridgehead atoms. The van der Waals surface area contributed by atoms with E-state index in [1.807, 2.05) is 0 Å². The van der Waals surface area contributed by atoms with Crippen molar-refractivity contribution in [3.63, 3.8) is 0 Å². The Morgan fingerprint density at radius 3 is 2.29 bits per heavy atom. The highest BCUT2D eigenvalue weighted by Crippen LogP contribution is 2.46. The number of methoxy groups -OCH3 is 2. The Labute approximate surface area is 219 Å². The number of aromatic hydroxyl groups is 1. The van der Waals surface area contributed by atoms with E-state index in [0.29, 0.717) is 11.1 Å². The molecule has 38 heavy (non-hydrogen) atoms. The van der Waals surface area contributed by atoms with E-state index in [-0.39, 0.29) is 36.2 Å². The fourth-order valence-corrected chi connectivity index (χ4v) is 4.96. The Morgan fingerprint density at radius 1 is 0.895 bits per heavy atom. The van der Waals surface area contributed by atoms with Gasteiger partial charge in [-0.2, -0.15) is 0 Å². The van der Waals surface area contributed by atoms with Crippen LogP contribution in [0.15, 0.2) is 36.4 Å². The lowest BCUT2D eigenvalue weighted by atomic mass is 9.82. The van der Waals surface area contributed by atoms with Gasteiger partial charge in [0.1, 0.15) is 24.4 Å². The zero-order valence-corrected chi connectivity index (χ0v) is 21.0. The molecule has 2 aromatic carbocycles. The van der Waals surface area contributed by atoms with Gasteiger partial charge in [0.2, 0.25) is 6.29 Å². The summed E-state index contributed by atoms with van der Waals surface area (Å²) in [5.41, 5.74) is 1.15. The molecule has 0 amide bonds. The fourth-order valence-electron chi connectivity index (χ4n) is 4.96. The molecule has 0 saturated carbocycles. The molecule has 210 valence electrons. The van der Waals surface area contributed by atoms with E-state index in [2.05, 4.69) is 0 Å². The normalized spacial score (nSPS) is 32.1. The number of phenolic OH excluding ortho intramolecular Hbond substituents is 1. The molecule has 4 rings (SSSR count). The first-order valence-corrected chi connectivity index (χ1v) is 12.2. The lowest BCUT2D eigenvalue weighted by Gasteiger charge is -2.39. The van der Waals surface area contributed by atoms with Gasteiger partial charge < -0.3 is 59.4 Å². The Kier molecular flexibility index (Phi) is 8.96. The predicted octanol–water partition coefficient (Wildman–Crippen LogP) is -0.382. The van der Waals surface area contributed by atoms with E-state index in [1.165, 1.54) is 26.4 Å². The van der Waals surface area contributed by atoms with Crippen molar-refractivity contribution in [3.8, 4) is 23.0 Å². The minimum atomic E-state index is -1.59. The molecule has 0 unspecified atom stereocenters. The molecule has 0 aliphatic carbocycles. The summed E-state index contributed by atoms with van der Waals surface area (Å²) in [6.07, 6.45) is -8.80. The summed E-state index contributed by atoms with van der Waals surface area (Å²) < 4.78 is 27.7. The van der Waals surface area contributed by atoms with Crippen LogP contribution < -0.4 is 14.2 Å². The molecule has 2 saturated heterocycles. The molecule has 0 radical (unpaired) electrons. The molecular formula is C26H34O12. The van der Waals surface area contributed by atoms with Crippen LogP contribution in [0.25, 0.3) is 0 Å². The predicted molar refractivity (Wildman–Crippen MR) is 130 cm³/mol. The summed E-state index contributed by atoms with van der Waals surface area (Å²) in [4.78, 5) is 0. The maximum Gasteiger partial charge on any atom is 0.229 e. The van der Waals surface area contributed by atoms with Crippen molar-refractivity contribution in [1.82, 2.24) is 0 Å². The standard InChI is InChI=1S/C26H34O12/c1-34-18-7-12(3-5-16(18)29)21(30)15-11-36-25(14(15)9-27)13-4-6-17(19(8-13)35-2)37-26-24(33)23(32)22(31)20(10-28)38-26/h3-8,14-15,20-33H,9-11H2,1-2H3/t14-,15-,20+,21-,22-,23-,24+,25+,26+/m1/s1. The monoisotopic (exact) mass is 538 g/mol. The van der Waals surface area contributed by atoms with Crippen LogP contribution in [0, 0.1) is 11.8 Å². The van der Waals surface area contributed by atoms with Gasteiger partial charge in [-0.1, -0.05) is 12.1 Å². The Bertz CT molecular complexity index is 1080. The number of aliphatic hydroxyl groups is 6. The number of aliphatic hydroxyl groups excluding tert-OH is 6. The topological polar surface area (TPSA) is 188 Å². The molecule has 2 heterocycles. The van der Waals surface area contributed by atoms with Gasteiger partial charge in [0.05, 0.1) is 39.6 Å². The lowest BCUT2D eigenvalue weighted by molar-refractivity contribution is -0.277. The smallest absolute Gasteiger partial charge is 0.229 e. The van der Waals surface area contributed by atoms with E-state index in [0.717, 1.165) is 0 Å². The molecule has 9 atom stereocenters. The summed E-state index contributed by atoms with van der Waals surface area (Å²) in [7, 11) is 2.82. The highest BCUT2D eigenvalue weighted by Gasteiger charge is 2.45. The SMILES string of the molecule is COc1cc([C@@H](O)[C@@H]2CO[C@@H](c3ccc(O[C@H]4O[C@@H](CO)[C@@H](O)[C@@H](O)[C@@H]4O)c(OC)c3)[C@@H]2CO)ccc1O. The molecule has 2 aliphatic rings. The van der Waals surface area contributed by atoms with E-state index in [4.69, 9.17) is 23.7 Å². The summed E-state index contributed by atoms with van der Waals surface area (Å²) in [5, 5.41) is 70.8. The van der Waals surface area contributed by atoms with Gasteiger partial charge in [0.15, 0.2) is 23.0 Å². The van der Waals surface area contributed by atoms with Gasteiger partial charge >= 0.3 is 0 Å². The summed E-state index contributed by atoms with van der Waals surface area (Å²) in [5.74, 6) is -0.376. The summed E-state index contributed by atoms with van der Waals surface area (Å²) in [6, 6.07) is 9.40. The van der Waals surface area contributed by atoms with E-state index < -0.39 is 61.4 Å². The minimum absolute atomic E-state index is 0.0548. The third-order valence-electron chi connectivity index (χ3n) is 7.18. The number of rotatable bonds is 9. The van der Waals surface area contributed by atoms with E-state index >= 15 is 0 Å². The minimum Gasteiger partial charge on any atom is -0.504 e. The first kappa shape index (κ1) is 28.3. The van der Waals surface area contributed by atoms with E-state index in [9.17, 15) is 35.7 Å². The third-order valence-corrected chi connectivity index (χ3v) is 7.18. The van der Waals surface area contributed by atoms with Gasteiger partial charge in [-0.3, -0.25) is 0 Å². The quantitative estimate of drug-likeness (QED) is 0.220. The van der Waals surface area contributed by atoms with Gasteiger partial charge in [-0.15, -0.1) is 0 Å². The van der Waals surface area contributed by atoms with Crippen LogP contribution in [0.2, 0.25) is 0 Å². The van der Waals surface area contributed by atoms with Crippen LogP contribution in [0.4, 0.5) is 0 Å². The third kappa shape index (κ3) is 5.40. The Balaban J connectivity index is 1.52. The van der Waals surface area contributed by atoms with Crippen molar-refractivity contribution >= 4 is 0 Å². The number of benzene rings is 2. The maximum absolute atomic E-state index is 11.1. The molecule has 0 spiro atoms. The molecular weight excluding hydrogens is 504 g/mol. The molecule has 12 heteroatoms. The zero-order valence-electron chi connectivity index (χ0n) is 21.0. The molecule has 0 aromatic heterocycles. The van der Waals surface area contributed by atoms with Gasteiger partial charge in [-0.25, -0.2) is 0 Å². The first-order valence-electron chi connectivity index (χ1n) is 12.2. The second kappa shape index (κ2) is 12.0. The second-order valence-corrected chi connectivity index (χ2v) is 9.37. The highest BCUT2D eigenvalue weighted by atomic mass is 16.7. The number of hydrogen-bond donors (Lipinski definition) is 7. The van der Waals surface area contributed by atoms with Crippen molar-refractivity contribution < 1.29 is 59.4 Å². The van der Waals surface area contributed by atoms with Crippen molar-refractivity contribution in [2.24, 2.45) is 11.8 Å². The molecule has 2 aromatic rings. The Hall–Kier alpha value is -2.68. The van der Waals surface area contributed by atoms with Gasteiger partial charge in [0.25, 0.3) is 0 Å². The van der Waals surface area contributed by atoms with Crippen molar-refractivity contribution in [2.45, 2.75) is 42.9 Å². The van der Waals surface area contributed by atoms with Crippen LogP contribution in [-0.4, -0.2) is 100 Å². The van der Waals surface area contributed by atoms with Crippen LogP contribution in [0.3, 0.4) is 0 Å². The lowest BCUT2D eigenvalue weighted by Crippen LogP contribution is -2.60. The number of ether oxygens (including phenoxy) is 5. The van der Waals surface area contributed by atoms with Crippen molar-refractivity contribution in [2.75, 3.05) is 34.0 Å². The molecule has 2 fully saturated rings. The average molecular weight is 539 g/mol. The number of hydrogen-bond acceptors (Lipinski definition) is 12. The largest absolute Gasteiger partial charge is 0.504 e. The average Bonchev–Trinajstić information content (AvgIpc) is 3.37. The molecule has 7 N–H and O–H groups in total. The summed E-state index contributed by atoms with van der Waals surface area (Å²) in [6.45, 7) is -0.703. The second-order valence-electron chi connectivity index (χ2n) is 9.37. The van der Waals surface area contributed by atoms with Gasteiger partial charge in [0, 0.05) is 18.4 Å². The molecule has 2 aliphatic heterocycles. The first-order chi connectivity index (χ1) is 18.2. The van der Waals surface area contributed by atoms with E-state index in [1.54, 1.807) is 24.3 Å². The molecule has 12 nitrogen and oxygen atoms in total. The maximum atomic E-state index is 11.1. The zero-order chi connectivity index (χ0) is 27.6. The van der Waals surface area contributed by atoms with Gasteiger partial charge in [-0.05, 0) is 35.4 Å². The Morgan fingerprint density at radius 2 is 1.63 bits per heavy atom. The van der Waals surface area contributed by atoms with Crippen LogP contribution in [0.5, 0.6) is 23.0 Å². The number of phenols is 1. The van der Waals surface area contributed by atoms with Crippen molar-refractivity contribution in [1.29, 1.82) is 0 Å². The van der Waals surface area contributed by atoms with Crippen LogP contribution >= 0.6 is 0 Å². The van der Waals surface area contributed by atoms with Crippen LogP contribution in [-0.2, 0) is 9.47 Å². The summed E-state index contributed by atoms with van der Waals surface area (Å²) >= 11 is 0.